The monoisotopic (exact) mass is 438 g/mol. The lowest BCUT2D eigenvalue weighted by atomic mass is 10.0. The van der Waals surface area contributed by atoms with Crippen molar-refractivity contribution in [1.29, 1.82) is 0 Å². The zero-order valence-electron chi connectivity index (χ0n) is 14.5. The third kappa shape index (κ3) is 8.50. The molecule has 0 amide bonds. The van der Waals surface area contributed by atoms with Gasteiger partial charge >= 0.3 is 0 Å². The molecule has 0 aliphatic heterocycles. The largest absolute Gasteiger partial charge is 0.396 e. The summed E-state index contributed by atoms with van der Waals surface area (Å²) in [4.78, 5) is 4.57. The first-order chi connectivity index (χ1) is 10.7. The molecule has 23 heavy (non-hydrogen) atoms. The molecule has 0 bridgehead atoms. The number of aromatic nitrogens is 3. The van der Waals surface area contributed by atoms with Gasteiger partial charge in [0.1, 0.15) is 12.9 Å². The molecule has 1 atom stereocenters. The van der Waals surface area contributed by atoms with Gasteiger partial charge in [-0.25, -0.2) is 4.99 Å². The zero-order chi connectivity index (χ0) is 16.2. The maximum atomic E-state index is 9.13. The summed E-state index contributed by atoms with van der Waals surface area (Å²) in [7, 11) is 0. The van der Waals surface area contributed by atoms with E-state index in [0.717, 1.165) is 50.7 Å². The summed E-state index contributed by atoms with van der Waals surface area (Å²) < 4.78 is 1.98. The first kappa shape index (κ1) is 22.1. The third-order valence-electron chi connectivity index (χ3n) is 3.55. The molecule has 0 saturated heterocycles. The Morgan fingerprint density at radius 3 is 2.70 bits per heavy atom. The van der Waals surface area contributed by atoms with Crippen molar-refractivity contribution in [2.45, 2.75) is 53.1 Å². The maximum absolute atomic E-state index is 9.13. The van der Waals surface area contributed by atoms with Crippen LogP contribution < -0.4 is 10.6 Å². The fraction of sp³-hybridized carbons (Fsp3) is 0.800. The van der Waals surface area contributed by atoms with Crippen LogP contribution in [0.1, 0.15) is 45.9 Å². The molecule has 134 valence electrons. The van der Waals surface area contributed by atoms with Crippen molar-refractivity contribution < 1.29 is 5.11 Å². The van der Waals surface area contributed by atoms with Gasteiger partial charge in [-0.05, 0) is 32.6 Å². The van der Waals surface area contributed by atoms with Gasteiger partial charge in [-0.15, -0.1) is 34.2 Å². The minimum atomic E-state index is 0. The van der Waals surface area contributed by atoms with Gasteiger partial charge in [0.25, 0.3) is 0 Å². The second kappa shape index (κ2) is 13.5. The first-order valence-corrected chi connectivity index (χ1v) is 8.24. The Hall–Kier alpha value is -0.900. The Morgan fingerprint density at radius 1 is 1.30 bits per heavy atom. The van der Waals surface area contributed by atoms with E-state index in [2.05, 4.69) is 39.7 Å². The number of nitrogens with zero attached hydrogens (tertiary/aromatic N) is 4. The molecule has 7 nitrogen and oxygen atoms in total. The highest BCUT2D eigenvalue weighted by molar-refractivity contribution is 14.0. The van der Waals surface area contributed by atoms with Crippen LogP contribution in [0.25, 0.3) is 0 Å². The second-order valence-corrected chi connectivity index (χ2v) is 5.28. The van der Waals surface area contributed by atoms with Gasteiger partial charge in [0.2, 0.25) is 0 Å². The highest BCUT2D eigenvalue weighted by Crippen LogP contribution is 2.09. The lowest BCUT2D eigenvalue weighted by Gasteiger charge is -2.18. The van der Waals surface area contributed by atoms with Gasteiger partial charge in [-0.2, -0.15) is 0 Å². The van der Waals surface area contributed by atoms with E-state index in [0.29, 0.717) is 12.5 Å². The molecule has 0 saturated carbocycles. The molecule has 1 rings (SSSR count). The molecule has 0 fully saturated rings. The van der Waals surface area contributed by atoms with E-state index in [9.17, 15) is 0 Å². The van der Waals surface area contributed by atoms with Gasteiger partial charge in [0.15, 0.2) is 11.8 Å². The Balaban J connectivity index is 0.00000484. The molecular weight excluding hydrogens is 407 g/mol. The zero-order valence-corrected chi connectivity index (χ0v) is 16.8. The highest BCUT2D eigenvalue weighted by Gasteiger charge is 2.09. The Labute approximate surface area is 156 Å². The summed E-state index contributed by atoms with van der Waals surface area (Å²) in [6.07, 6.45) is 4.78. The van der Waals surface area contributed by atoms with Crippen LogP contribution in [-0.4, -0.2) is 45.5 Å². The molecule has 1 aromatic rings. The van der Waals surface area contributed by atoms with E-state index in [1.54, 1.807) is 6.33 Å². The SMILES string of the molecule is CCCC(CCO)CNC(=NCc1nncn1CC)NCC.I. The summed E-state index contributed by atoms with van der Waals surface area (Å²) in [6.45, 7) is 9.48. The van der Waals surface area contributed by atoms with Crippen LogP contribution in [0.3, 0.4) is 0 Å². The summed E-state index contributed by atoms with van der Waals surface area (Å²) in [5, 5.41) is 23.7. The van der Waals surface area contributed by atoms with Crippen LogP contribution in [0.15, 0.2) is 11.3 Å². The number of nitrogens with one attached hydrogen (secondary N) is 2. The van der Waals surface area contributed by atoms with Crippen LogP contribution in [0.2, 0.25) is 0 Å². The number of hydrogen-bond donors (Lipinski definition) is 3. The van der Waals surface area contributed by atoms with Gasteiger partial charge in [0, 0.05) is 26.2 Å². The molecule has 3 N–H and O–H groups in total. The number of aliphatic hydroxyl groups excluding tert-OH is 1. The standard InChI is InChI=1S/C15H30N6O.HI/c1-4-7-13(8-9-22)10-17-15(16-5-2)18-11-14-20-19-12-21(14)6-3;/h12-13,22H,4-11H2,1-3H3,(H2,16,17,18);1H. The van der Waals surface area contributed by atoms with E-state index in [4.69, 9.17) is 5.11 Å². The third-order valence-corrected chi connectivity index (χ3v) is 3.55. The van der Waals surface area contributed by atoms with Gasteiger partial charge < -0.3 is 20.3 Å². The topological polar surface area (TPSA) is 87.4 Å². The average molecular weight is 438 g/mol. The van der Waals surface area contributed by atoms with E-state index < -0.39 is 0 Å². The predicted octanol–water partition coefficient (Wildman–Crippen LogP) is 1.77. The molecule has 8 heteroatoms. The van der Waals surface area contributed by atoms with E-state index in [-0.39, 0.29) is 30.6 Å². The summed E-state index contributed by atoms with van der Waals surface area (Å²) >= 11 is 0. The molecule has 1 aromatic heterocycles. The molecule has 0 aliphatic carbocycles. The van der Waals surface area contributed by atoms with Crippen molar-refractivity contribution in [2.75, 3.05) is 19.7 Å². The van der Waals surface area contributed by atoms with Gasteiger partial charge in [0.05, 0.1) is 0 Å². The lowest BCUT2D eigenvalue weighted by Crippen LogP contribution is -2.40. The molecule has 0 radical (unpaired) electrons. The van der Waals surface area contributed by atoms with Crippen molar-refractivity contribution in [3.8, 4) is 0 Å². The maximum Gasteiger partial charge on any atom is 0.191 e. The number of aliphatic imine (C=N–C) groups is 1. The fourth-order valence-corrected chi connectivity index (χ4v) is 2.34. The van der Waals surface area contributed by atoms with Gasteiger partial charge in [-0.1, -0.05) is 13.3 Å². The van der Waals surface area contributed by atoms with Gasteiger partial charge in [-0.3, -0.25) is 0 Å². The summed E-state index contributed by atoms with van der Waals surface area (Å²) in [5.74, 6) is 2.12. The molecule has 1 unspecified atom stereocenters. The van der Waals surface area contributed by atoms with Crippen molar-refractivity contribution in [3.05, 3.63) is 12.2 Å². The highest BCUT2D eigenvalue weighted by atomic mass is 127. The van der Waals surface area contributed by atoms with Crippen molar-refractivity contribution in [1.82, 2.24) is 25.4 Å². The lowest BCUT2D eigenvalue weighted by molar-refractivity contribution is 0.251. The van der Waals surface area contributed by atoms with Crippen LogP contribution in [0.5, 0.6) is 0 Å². The summed E-state index contributed by atoms with van der Waals surface area (Å²) in [5.41, 5.74) is 0. The molecule has 1 heterocycles. The van der Waals surface area contributed by atoms with Crippen LogP contribution in [0.4, 0.5) is 0 Å². The fourth-order valence-electron chi connectivity index (χ4n) is 2.34. The van der Waals surface area contributed by atoms with E-state index >= 15 is 0 Å². The number of rotatable bonds is 10. The molecule has 0 spiro atoms. The molecule has 0 aliphatic rings. The Bertz CT molecular complexity index is 431. The van der Waals surface area contributed by atoms with Crippen molar-refractivity contribution >= 4 is 29.9 Å². The number of hydrogen-bond acceptors (Lipinski definition) is 4. The van der Waals surface area contributed by atoms with Crippen molar-refractivity contribution in [2.24, 2.45) is 10.9 Å². The Morgan fingerprint density at radius 2 is 2.09 bits per heavy atom. The predicted molar refractivity (Wildman–Crippen MR) is 104 cm³/mol. The Kier molecular flexibility index (Phi) is 13.0. The quantitative estimate of drug-likeness (QED) is 0.295. The number of aryl methyl sites for hydroxylation is 1. The minimum Gasteiger partial charge on any atom is -0.396 e. The van der Waals surface area contributed by atoms with Crippen LogP contribution in [0, 0.1) is 5.92 Å². The summed E-state index contributed by atoms with van der Waals surface area (Å²) in [6, 6.07) is 0. The van der Waals surface area contributed by atoms with E-state index in [1.807, 2.05) is 11.5 Å². The number of halogens is 1. The normalized spacial score (nSPS) is 12.6. The second-order valence-electron chi connectivity index (χ2n) is 5.28. The van der Waals surface area contributed by atoms with Crippen LogP contribution in [-0.2, 0) is 13.1 Å². The number of guanidine groups is 1. The van der Waals surface area contributed by atoms with Crippen molar-refractivity contribution in [3.63, 3.8) is 0 Å². The van der Waals surface area contributed by atoms with E-state index in [1.165, 1.54) is 0 Å². The average Bonchev–Trinajstić information content (AvgIpc) is 2.97. The number of aliphatic hydroxyl groups is 1. The smallest absolute Gasteiger partial charge is 0.191 e. The minimum absolute atomic E-state index is 0. The first-order valence-electron chi connectivity index (χ1n) is 8.24. The molecule has 0 aromatic carbocycles. The van der Waals surface area contributed by atoms with Crippen LogP contribution >= 0.6 is 24.0 Å². The molecular formula is C15H31IN6O.